The molecule has 0 atom stereocenters. The zero-order chi connectivity index (χ0) is 17.8. The van der Waals surface area contributed by atoms with Gasteiger partial charge in [-0.25, -0.2) is 9.48 Å². The van der Waals surface area contributed by atoms with Crippen LogP contribution in [0.3, 0.4) is 0 Å². The SMILES string of the molecule is CCCc1cc(OC(=O)c2ccc(Cl)cc2)n(-c2ccccc2C)n1. The number of hydrogen-bond donors (Lipinski definition) is 0. The largest absolute Gasteiger partial charge is 0.404 e. The van der Waals surface area contributed by atoms with Crippen molar-refractivity contribution in [3.05, 3.63) is 76.4 Å². The first-order chi connectivity index (χ1) is 12.1. The summed E-state index contributed by atoms with van der Waals surface area (Å²) in [6.07, 6.45) is 1.79. The number of hydrogen-bond acceptors (Lipinski definition) is 3. The van der Waals surface area contributed by atoms with E-state index in [0.717, 1.165) is 29.8 Å². The van der Waals surface area contributed by atoms with Gasteiger partial charge in [0.2, 0.25) is 5.88 Å². The van der Waals surface area contributed by atoms with Crippen LogP contribution in [0.15, 0.2) is 54.6 Å². The molecular weight excluding hydrogens is 336 g/mol. The van der Waals surface area contributed by atoms with Gasteiger partial charge in [-0.2, -0.15) is 5.10 Å². The Morgan fingerprint density at radius 1 is 1.16 bits per heavy atom. The van der Waals surface area contributed by atoms with Crippen LogP contribution >= 0.6 is 11.6 Å². The average molecular weight is 355 g/mol. The maximum absolute atomic E-state index is 12.5. The minimum absolute atomic E-state index is 0.415. The molecule has 0 N–H and O–H groups in total. The van der Waals surface area contributed by atoms with Crippen LogP contribution in [0.4, 0.5) is 0 Å². The number of benzene rings is 2. The van der Waals surface area contributed by atoms with Crippen LogP contribution in [0, 0.1) is 6.92 Å². The van der Waals surface area contributed by atoms with Gasteiger partial charge in [0.1, 0.15) is 0 Å². The van der Waals surface area contributed by atoms with Crippen LogP contribution < -0.4 is 4.74 Å². The zero-order valence-electron chi connectivity index (χ0n) is 14.2. The Labute approximate surface area is 152 Å². The zero-order valence-corrected chi connectivity index (χ0v) is 15.0. The molecule has 2 aromatic carbocycles. The van der Waals surface area contributed by atoms with E-state index in [2.05, 4.69) is 12.0 Å². The van der Waals surface area contributed by atoms with Crippen LogP contribution in [0.5, 0.6) is 5.88 Å². The fourth-order valence-corrected chi connectivity index (χ4v) is 2.70. The van der Waals surface area contributed by atoms with Crippen molar-refractivity contribution in [2.75, 3.05) is 0 Å². The molecule has 1 aromatic heterocycles. The quantitative estimate of drug-likeness (QED) is 0.605. The van der Waals surface area contributed by atoms with Gasteiger partial charge in [0.25, 0.3) is 0 Å². The molecule has 0 saturated carbocycles. The maximum atomic E-state index is 12.5. The first kappa shape index (κ1) is 17.2. The van der Waals surface area contributed by atoms with Crippen molar-refractivity contribution in [1.29, 1.82) is 0 Å². The maximum Gasteiger partial charge on any atom is 0.344 e. The number of nitrogens with zero attached hydrogens (tertiary/aromatic N) is 2. The summed E-state index contributed by atoms with van der Waals surface area (Å²) in [7, 11) is 0. The van der Waals surface area contributed by atoms with Crippen molar-refractivity contribution in [2.45, 2.75) is 26.7 Å². The highest BCUT2D eigenvalue weighted by Crippen LogP contribution is 2.24. The number of rotatable bonds is 5. The van der Waals surface area contributed by atoms with Gasteiger partial charge in [0.15, 0.2) is 0 Å². The summed E-state index contributed by atoms with van der Waals surface area (Å²) in [5, 5.41) is 5.19. The van der Waals surface area contributed by atoms with Crippen LogP contribution in [0.2, 0.25) is 5.02 Å². The number of carbonyl (C=O) groups is 1. The van der Waals surface area contributed by atoms with E-state index in [4.69, 9.17) is 16.3 Å². The fourth-order valence-electron chi connectivity index (χ4n) is 2.57. The van der Waals surface area contributed by atoms with Crippen molar-refractivity contribution in [3.8, 4) is 11.6 Å². The van der Waals surface area contributed by atoms with Gasteiger partial charge in [0.05, 0.1) is 16.9 Å². The van der Waals surface area contributed by atoms with Crippen molar-refractivity contribution < 1.29 is 9.53 Å². The first-order valence-electron chi connectivity index (χ1n) is 8.21. The summed E-state index contributed by atoms with van der Waals surface area (Å²) >= 11 is 5.87. The van der Waals surface area contributed by atoms with Crippen LogP contribution in [-0.4, -0.2) is 15.7 Å². The monoisotopic (exact) mass is 354 g/mol. The number of ether oxygens (including phenoxy) is 1. The van der Waals surface area contributed by atoms with Gasteiger partial charge in [-0.1, -0.05) is 43.1 Å². The number of para-hydroxylation sites is 1. The Balaban J connectivity index is 1.96. The van der Waals surface area contributed by atoms with Crippen molar-refractivity contribution in [2.24, 2.45) is 0 Å². The molecule has 0 saturated heterocycles. The van der Waals surface area contributed by atoms with E-state index in [9.17, 15) is 4.79 Å². The second kappa shape index (κ2) is 7.53. The molecule has 0 amide bonds. The molecule has 0 bridgehead atoms. The lowest BCUT2D eigenvalue weighted by Gasteiger charge is -2.10. The number of halogens is 1. The van der Waals surface area contributed by atoms with Gasteiger partial charge in [-0.15, -0.1) is 0 Å². The molecule has 4 nitrogen and oxygen atoms in total. The van der Waals surface area contributed by atoms with Crippen LogP contribution in [0.1, 0.15) is 35.0 Å². The molecule has 0 aliphatic rings. The Morgan fingerprint density at radius 3 is 2.56 bits per heavy atom. The van der Waals surface area contributed by atoms with Gasteiger partial charge in [-0.05, 0) is 49.2 Å². The summed E-state index contributed by atoms with van der Waals surface area (Å²) in [5.74, 6) is -0.0212. The summed E-state index contributed by atoms with van der Waals surface area (Å²) in [4.78, 5) is 12.5. The summed E-state index contributed by atoms with van der Waals surface area (Å²) < 4.78 is 7.31. The molecule has 0 spiro atoms. The highest BCUT2D eigenvalue weighted by Gasteiger charge is 2.16. The van der Waals surface area contributed by atoms with Crippen molar-refractivity contribution in [3.63, 3.8) is 0 Å². The molecule has 3 rings (SSSR count). The molecule has 5 heteroatoms. The minimum atomic E-state index is -0.436. The van der Waals surface area contributed by atoms with E-state index in [1.54, 1.807) is 28.9 Å². The molecule has 25 heavy (non-hydrogen) atoms. The molecule has 3 aromatic rings. The van der Waals surface area contributed by atoms with Gasteiger partial charge in [0, 0.05) is 11.1 Å². The number of aromatic nitrogens is 2. The van der Waals surface area contributed by atoms with Crippen molar-refractivity contribution >= 4 is 17.6 Å². The predicted molar refractivity (Wildman–Crippen MR) is 98.7 cm³/mol. The Kier molecular flexibility index (Phi) is 5.19. The third-order valence-corrected chi connectivity index (χ3v) is 4.11. The van der Waals surface area contributed by atoms with Crippen LogP contribution in [-0.2, 0) is 6.42 Å². The smallest absolute Gasteiger partial charge is 0.344 e. The topological polar surface area (TPSA) is 44.1 Å². The lowest BCUT2D eigenvalue weighted by Crippen LogP contribution is -2.12. The van der Waals surface area contributed by atoms with Gasteiger partial charge < -0.3 is 4.74 Å². The van der Waals surface area contributed by atoms with E-state index in [1.165, 1.54) is 0 Å². The first-order valence-corrected chi connectivity index (χ1v) is 8.59. The third kappa shape index (κ3) is 3.91. The van der Waals surface area contributed by atoms with E-state index < -0.39 is 5.97 Å². The predicted octanol–water partition coefficient (Wildman–Crippen LogP) is 5.01. The lowest BCUT2D eigenvalue weighted by molar-refractivity contribution is 0.0723. The molecule has 128 valence electrons. The number of esters is 1. The lowest BCUT2D eigenvalue weighted by atomic mass is 10.2. The molecule has 1 heterocycles. The third-order valence-electron chi connectivity index (χ3n) is 3.85. The fraction of sp³-hybridized carbons (Fsp3) is 0.200. The molecule has 0 aliphatic carbocycles. The second-order valence-electron chi connectivity index (χ2n) is 5.82. The highest BCUT2D eigenvalue weighted by atomic mass is 35.5. The molecule has 0 unspecified atom stereocenters. The molecule has 0 radical (unpaired) electrons. The van der Waals surface area contributed by atoms with Gasteiger partial charge in [-0.3, -0.25) is 0 Å². The number of carbonyl (C=O) groups excluding carboxylic acids is 1. The normalized spacial score (nSPS) is 10.7. The summed E-state index contributed by atoms with van der Waals surface area (Å²) in [6.45, 7) is 4.09. The Hall–Kier alpha value is -2.59. The summed E-state index contributed by atoms with van der Waals surface area (Å²) in [6, 6.07) is 16.3. The second-order valence-corrected chi connectivity index (χ2v) is 6.26. The van der Waals surface area contributed by atoms with E-state index >= 15 is 0 Å². The van der Waals surface area contributed by atoms with Gasteiger partial charge >= 0.3 is 5.97 Å². The summed E-state index contributed by atoms with van der Waals surface area (Å²) in [5.41, 5.74) is 3.28. The van der Waals surface area contributed by atoms with E-state index in [1.807, 2.05) is 37.3 Å². The van der Waals surface area contributed by atoms with E-state index in [-0.39, 0.29) is 0 Å². The Bertz CT molecular complexity index is 885. The van der Waals surface area contributed by atoms with Crippen LogP contribution in [0.25, 0.3) is 5.69 Å². The van der Waals surface area contributed by atoms with Crippen molar-refractivity contribution in [1.82, 2.24) is 9.78 Å². The molecule has 0 aliphatic heterocycles. The van der Waals surface area contributed by atoms with E-state index in [0.29, 0.717) is 16.5 Å². The molecule has 0 fully saturated rings. The average Bonchev–Trinajstić information content (AvgIpc) is 2.98. The highest BCUT2D eigenvalue weighted by molar-refractivity contribution is 6.30. The minimum Gasteiger partial charge on any atom is -0.404 e. The number of aryl methyl sites for hydroxylation is 2. The Morgan fingerprint density at radius 2 is 1.88 bits per heavy atom. The molecular formula is C20H19ClN2O2. The standard InChI is InChI=1S/C20H19ClN2O2/c1-3-6-17-13-19(23(22-17)18-8-5-4-7-14(18)2)25-20(24)15-9-11-16(21)12-10-15/h4-5,7-13H,3,6H2,1-2H3.